The van der Waals surface area contributed by atoms with Gasteiger partial charge < -0.3 is 19.5 Å². The summed E-state index contributed by atoms with van der Waals surface area (Å²) in [6, 6.07) is 10.4. The lowest BCUT2D eigenvalue weighted by Crippen LogP contribution is -2.41. The van der Waals surface area contributed by atoms with E-state index in [-0.39, 0.29) is 30.3 Å². The van der Waals surface area contributed by atoms with E-state index in [4.69, 9.17) is 14.2 Å². The Bertz CT molecular complexity index is 1020. The van der Waals surface area contributed by atoms with Crippen LogP contribution in [0, 0.1) is 10.1 Å². The molecular formula is C19H23N3O8S. The molecule has 12 heteroatoms. The number of anilines is 1. The second kappa shape index (κ2) is 10.5. The predicted octanol–water partition coefficient (Wildman–Crippen LogP) is 1.57. The summed E-state index contributed by atoms with van der Waals surface area (Å²) in [5, 5.41) is 13.6. The van der Waals surface area contributed by atoms with Crippen LogP contribution in [-0.2, 0) is 14.8 Å². The topological polar surface area (TPSA) is 137 Å². The van der Waals surface area contributed by atoms with Crippen molar-refractivity contribution in [1.82, 2.24) is 5.32 Å². The number of rotatable bonds is 11. The van der Waals surface area contributed by atoms with E-state index in [1.54, 1.807) is 31.4 Å². The maximum absolute atomic E-state index is 12.3. The summed E-state index contributed by atoms with van der Waals surface area (Å²) in [7, 11) is -1.10. The number of carbonyl (C=O) groups excluding carboxylic acids is 1. The number of nitro groups is 1. The number of benzene rings is 2. The summed E-state index contributed by atoms with van der Waals surface area (Å²) in [4.78, 5) is 22.7. The third-order valence-electron chi connectivity index (χ3n) is 4.08. The van der Waals surface area contributed by atoms with Crippen LogP contribution in [0.2, 0.25) is 0 Å². The Morgan fingerprint density at radius 2 is 1.74 bits per heavy atom. The van der Waals surface area contributed by atoms with Crippen LogP contribution in [0.1, 0.15) is 0 Å². The van der Waals surface area contributed by atoms with Gasteiger partial charge >= 0.3 is 0 Å². The molecule has 31 heavy (non-hydrogen) atoms. The Kier molecular flexibility index (Phi) is 8.02. The van der Waals surface area contributed by atoms with Gasteiger partial charge in [0.15, 0.2) is 0 Å². The highest BCUT2D eigenvalue weighted by Crippen LogP contribution is 2.33. The number of hydrogen-bond donors (Lipinski definition) is 1. The zero-order chi connectivity index (χ0) is 23.0. The number of non-ortho nitro benzene ring substituents is 1. The summed E-state index contributed by atoms with van der Waals surface area (Å²) in [5.41, 5.74) is -0.443. The Hall–Kier alpha value is -3.54. The van der Waals surface area contributed by atoms with E-state index in [2.05, 4.69) is 5.32 Å². The SMILES string of the molecule is COc1ccc(OCCNC(=O)CN(c2cc([N+](=O)[O-])ccc2OC)S(C)(=O)=O)cc1. The lowest BCUT2D eigenvalue weighted by molar-refractivity contribution is -0.384. The molecule has 0 fully saturated rings. The van der Waals surface area contributed by atoms with Crippen molar-refractivity contribution in [3.05, 3.63) is 52.6 Å². The first-order valence-electron chi connectivity index (χ1n) is 8.99. The molecule has 0 aliphatic heterocycles. The van der Waals surface area contributed by atoms with Gasteiger partial charge in [-0.3, -0.25) is 19.2 Å². The van der Waals surface area contributed by atoms with Gasteiger partial charge in [-0.05, 0) is 30.3 Å². The Labute approximate surface area is 179 Å². The molecule has 168 valence electrons. The van der Waals surface area contributed by atoms with Gasteiger partial charge in [0.25, 0.3) is 5.69 Å². The number of nitro benzene ring substituents is 1. The van der Waals surface area contributed by atoms with Crippen LogP contribution in [0.15, 0.2) is 42.5 Å². The smallest absolute Gasteiger partial charge is 0.271 e. The number of nitrogens with zero attached hydrogens (tertiary/aromatic N) is 2. The van der Waals surface area contributed by atoms with Gasteiger partial charge in [-0.25, -0.2) is 8.42 Å². The maximum atomic E-state index is 12.3. The second-order valence-electron chi connectivity index (χ2n) is 6.26. The first-order chi connectivity index (χ1) is 14.7. The van der Waals surface area contributed by atoms with Crippen LogP contribution >= 0.6 is 0 Å². The van der Waals surface area contributed by atoms with Crippen molar-refractivity contribution in [3.8, 4) is 17.2 Å². The van der Waals surface area contributed by atoms with Gasteiger partial charge in [-0.2, -0.15) is 0 Å². The van der Waals surface area contributed by atoms with Crippen molar-refractivity contribution in [2.24, 2.45) is 0 Å². The highest BCUT2D eigenvalue weighted by molar-refractivity contribution is 7.92. The minimum atomic E-state index is -3.94. The molecule has 0 radical (unpaired) electrons. The highest BCUT2D eigenvalue weighted by atomic mass is 32.2. The van der Waals surface area contributed by atoms with Gasteiger partial charge in [0.2, 0.25) is 15.9 Å². The molecule has 2 rings (SSSR count). The molecule has 0 atom stereocenters. The predicted molar refractivity (Wildman–Crippen MR) is 113 cm³/mol. The number of sulfonamides is 1. The van der Waals surface area contributed by atoms with Crippen LogP contribution < -0.4 is 23.8 Å². The normalized spacial score (nSPS) is 10.8. The number of amides is 1. The molecule has 0 aromatic heterocycles. The average Bonchev–Trinajstić information content (AvgIpc) is 2.74. The molecule has 2 aromatic carbocycles. The molecule has 0 aliphatic carbocycles. The summed E-state index contributed by atoms with van der Waals surface area (Å²) < 4.78 is 40.9. The number of ether oxygens (including phenoxy) is 3. The average molecular weight is 453 g/mol. The third-order valence-corrected chi connectivity index (χ3v) is 5.21. The number of carbonyl (C=O) groups is 1. The van der Waals surface area contributed by atoms with Gasteiger partial charge in [0.05, 0.1) is 31.9 Å². The van der Waals surface area contributed by atoms with E-state index in [9.17, 15) is 23.3 Å². The molecule has 11 nitrogen and oxygen atoms in total. The number of nitrogens with one attached hydrogen (secondary N) is 1. The molecule has 0 aliphatic rings. The van der Waals surface area contributed by atoms with Crippen molar-refractivity contribution in [3.63, 3.8) is 0 Å². The van der Waals surface area contributed by atoms with Crippen molar-refractivity contribution in [2.75, 3.05) is 44.5 Å². The number of methoxy groups -OCH3 is 2. The van der Waals surface area contributed by atoms with Crippen LogP contribution in [0.4, 0.5) is 11.4 Å². The zero-order valence-electron chi connectivity index (χ0n) is 17.2. The van der Waals surface area contributed by atoms with E-state index in [1.807, 2.05) is 0 Å². The molecule has 1 amide bonds. The Balaban J connectivity index is 2.03. The largest absolute Gasteiger partial charge is 0.497 e. The van der Waals surface area contributed by atoms with E-state index in [0.717, 1.165) is 16.6 Å². The molecule has 0 bridgehead atoms. The van der Waals surface area contributed by atoms with Crippen LogP contribution in [0.5, 0.6) is 17.2 Å². The minimum absolute atomic E-state index is 0.0756. The van der Waals surface area contributed by atoms with Crippen molar-refractivity contribution >= 4 is 27.3 Å². The van der Waals surface area contributed by atoms with Crippen LogP contribution in [0.3, 0.4) is 0 Å². The maximum Gasteiger partial charge on any atom is 0.271 e. The molecule has 1 N–H and O–H groups in total. The Morgan fingerprint density at radius 1 is 1.10 bits per heavy atom. The fraction of sp³-hybridized carbons (Fsp3) is 0.316. The van der Waals surface area contributed by atoms with E-state index < -0.39 is 27.4 Å². The standard InChI is InChI=1S/C19H23N3O8S/c1-28-15-5-7-16(8-6-15)30-11-10-20-19(23)13-21(31(3,26)27)17-12-14(22(24)25)4-9-18(17)29-2/h4-9,12H,10-11,13H2,1-3H3,(H,20,23). The molecule has 0 saturated carbocycles. The molecule has 0 unspecified atom stereocenters. The van der Waals surface area contributed by atoms with Gasteiger partial charge in [-0.1, -0.05) is 0 Å². The summed E-state index contributed by atoms with van der Waals surface area (Å²) in [5.74, 6) is 0.719. The fourth-order valence-corrected chi connectivity index (χ4v) is 3.44. The summed E-state index contributed by atoms with van der Waals surface area (Å²) in [6.45, 7) is -0.315. The second-order valence-corrected chi connectivity index (χ2v) is 8.16. The Morgan fingerprint density at radius 3 is 2.29 bits per heavy atom. The van der Waals surface area contributed by atoms with Crippen molar-refractivity contribution < 1.29 is 32.3 Å². The highest BCUT2D eigenvalue weighted by Gasteiger charge is 2.26. The van der Waals surface area contributed by atoms with E-state index >= 15 is 0 Å². The van der Waals surface area contributed by atoms with Crippen LogP contribution in [-0.4, -0.2) is 59.4 Å². The monoisotopic (exact) mass is 453 g/mol. The molecule has 0 spiro atoms. The summed E-state index contributed by atoms with van der Waals surface area (Å²) in [6.07, 6.45) is 0.894. The molecule has 2 aromatic rings. The first-order valence-corrected chi connectivity index (χ1v) is 10.8. The quantitative estimate of drug-likeness (QED) is 0.307. The fourth-order valence-electron chi connectivity index (χ4n) is 2.59. The molecule has 0 heterocycles. The first kappa shape index (κ1) is 23.7. The lowest BCUT2D eigenvalue weighted by atomic mass is 10.2. The van der Waals surface area contributed by atoms with Gasteiger partial charge in [0, 0.05) is 12.1 Å². The van der Waals surface area contributed by atoms with Gasteiger partial charge in [-0.15, -0.1) is 0 Å². The summed E-state index contributed by atoms with van der Waals surface area (Å²) >= 11 is 0. The van der Waals surface area contributed by atoms with Gasteiger partial charge in [0.1, 0.15) is 36.1 Å². The van der Waals surface area contributed by atoms with Crippen molar-refractivity contribution in [1.29, 1.82) is 0 Å². The van der Waals surface area contributed by atoms with E-state index in [1.165, 1.54) is 19.2 Å². The minimum Gasteiger partial charge on any atom is -0.497 e. The van der Waals surface area contributed by atoms with Crippen LogP contribution in [0.25, 0.3) is 0 Å². The lowest BCUT2D eigenvalue weighted by Gasteiger charge is -2.23. The zero-order valence-corrected chi connectivity index (χ0v) is 18.0. The molecule has 0 saturated heterocycles. The third kappa shape index (κ3) is 6.74. The van der Waals surface area contributed by atoms with Crippen molar-refractivity contribution in [2.45, 2.75) is 0 Å². The number of hydrogen-bond acceptors (Lipinski definition) is 8. The molecular weight excluding hydrogens is 430 g/mol. The van der Waals surface area contributed by atoms with E-state index in [0.29, 0.717) is 11.5 Å².